The van der Waals surface area contributed by atoms with E-state index in [-0.39, 0.29) is 0 Å². The minimum Gasteiger partial charge on any atom is -0.300 e. The molecule has 0 radical (unpaired) electrons. The minimum atomic E-state index is 0.847. The average Bonchev–Trinajstić information content (AvgIpc) is 2.50. The van der Waals surface area contributed by atoms with E-state index in [9.17, 15) is 0 Å². The molecule has 0 spiro atoms. The van der Waals surface area contributed by atoms with Crippen LogP contribution in [0.1, 0.15) is 37.8 Å². The zero-order valence-electron chi connectivity index (χ0n) is 11.8. The van der Waals surface area contributed by atoms with Gasteiger partial charge in [0.25, 0.3) is 0 Å². The van der Waals surface area contributed by atoms with Gasteiger partial charge in [-0.3, -0.25) is 9.88 Å². The molecule has 0 aromatic carbocycles. The molecule has 19 heavy (non-hydrogen) atoms. The highest BCUT2D eigenvalue weighted by Crippen LogP contribution is 2.21. The highest BCUT2D eigenvalue weighted by molar-refractivity contribution is 5.03. The van der Waals surface area contributed by atoms with Crippen molar-refractivity contribution in [1.29, 1.82) is 0 Å². The second-order valence-electron chi connectivity index (χ2n) is 5.93. The quantitative estimate of drug-likeness (QED) is 0.831. The molecule has 0 amide bonds. The van der Waals surface area contributed by atoms with E-state index < -0.39 is 0 Å². The lowest BCUT2D eigenvalue weighted by molar-refractivity contribution is 0.0891. The summed E-state index contributed by atoms with van der Waals surface area (Å²) in [6.07, 6.45) is 8.84. The second-order valence-corrected chi connectivity index (χ2v) is 5.93. The van der Waals surface area contributed by atoms with Crippen molar-refractivity contribution in [3.63, 3.8) is 0 Å². The topological polar surface area (TPSA) is 19.4 Å². The van der Waals surface area contributed by atoms with Crippen molar-refractivity contribution < 1.29 is 0 Å². The summed E-state index contributed by atoms with van der Waals surface area (Å²) >= 11 is 0. The Bertz CT molecular complexity index is 365. The van der Waals surface area contributed by atoms with Crippen LogP contribution in [0.3, 0.4) is 0 Å². The number of hydrogen-bond donors (Lipinski definition) is 0. The van der Waals surface area contributed by atoms with Crippen molar-refractivity contribution in [2.24, 2.45) is 0 Å². The molecule has 0 bridgehead atoms. The van der Waals surface area contributed by atoms with Gasteiger partial charge in [-0.15, -0.1) is 0 Å². The van der Waals surface area contributed by atoms with Gasteiger partial charge in [-0.05, 0) is 50.9 Å². The van der Waals surface area contributed by atoms with Crippen LogP contribution in [0.4, 0.5) is 0 Å². The lowest BCUT2D eigenvalue weighted by Gasteiger charge is -2.40. The Labute approximate surface area is 116 Å². The Morgan fingerprint density at radius 1 is 1.00 bits per heavy atom. The fraction of sp³-hybridized carbons (Fsp3) is 0.688. The Kier molecular flexibility index (Phi) is 4.46. The van der Waals surface area contributed by atoms with Crippen molar-refractivity contribution >= 4 is 0 Å². The highest BCUT2D eigenvalue weighted by atomic mass is 15.2. The fourth-order valence-corrected chi connectivity index (χ4v) is 3.45. The smallest absolute Gasteiger partial charge is 0.0543 e. The van der Waals surface area contributed by atoms with Gasteiger partial charge in [0.2, 0.25) is 0 Å². The third kappa shape index (κ3) is 3.54. The molecule has 0 unspecified atom stereocenters. The maximum absolute atomic E-state index is 4.43. The third-order valence-corrected chi connectivity index (χ3v) is 4.58. The van der Waals surface area contributed by atoms with Crippen LogP contribution >= 0.6 is 0 Å². The SMILES string of the molecule is c1ccc(CN2CCC(N3CCCCC3)CC2)nc1. The van der Waals surface area contributed by atoms with Crippen LogP contribution in [0, 0.1) is 0 Å². The van der Waals surface area contributed by atoms with Crippen LogP contribution in [0.25, 0.3) is 0 Å². The largest absolute Gasteiger partial charge is 0.300 e. The Hall–Kier alpha value is -0.930. The van der Waals surface area contributed by atoms with Gasteiger partial charge in [0.15, 0.2) is 0 Å². The normalized spacial score (nSPS) is 23.6. The number of pyridine rings is 1. The molecule has 104 valence electrons. The van der Waals surface area contributed by atoms with Gasteiger partial charge in [0.05, 0.1) is 5.69 Å². The number of rotatable bonds is 3. The summed E-state index contributed by atoms with van der Waals surface area (Å²) in [4.78, 5) is 9.73. The van der Waals surface area contributed by atoms with Gasteiger partial charge in [-0.25, -0.2) is 0 Å². The van der Waals surface area contributed by atoms with Gasteiger partial charge in [0, 0.05) is 31.9 Å². The predicted molar refractivity (Wildman–Crippen MR) is 78.0 cm³/mol. The summed E-state index contributed by atoms with van der Waals surface area (Å²) in [5.41, 5.74) is 1.21. The van der Waals surface area contributed by atoms with Crippen molar-refractivity contribution in [2.75, 3.05) is 26.2 Å². The van der Waals surface area contributed by atoms with E-state index in [2.05, 4.69) is 26.9 Å². The van der Waals surface area contributed by atoms with Crippen LogP contribution in [0.5, 0.6) is 0 Å². The number of hydrogen-bond acceptors (Lipinski definition) is 3. The summed E-state index contributed by atoms with van der Waals surface area (Å²) < 4.78 is 0. The molecule has 2 saturated heterocycles. The molecule has 1 aromatic rings. The summed E-state index contributed by atoms with van der Waals surface area (Å²) in [6, 6.07) is 7.06. The molecule has 0 saturated carbocycles. The standard InChI is InChI=1S/C16H25N3/c1-4-10-19(11-5-1)16-7-12-18(13-8-16)14-15-6-2-3-9-17-15/h2-3,6,9,16H,1,4-5,7-8,10-14H2. The van der Waals surface area contributed by atoms with Gasteiger partial charge in [0.1, 0.15) is 0 Å². The summed E-state index contributed by atoms with van der Waals surface area (Å²) in [5.74, 6) is 0. The first kappa shape index (κ1) is 13.1. The van der Waals surface area contributed by atoms with Gasteiger partial charge in [-0.1, -0.05) is 12.5 Å². The monoisotopic (exact) mass is 259 g/mol. The number of aromatic nitrogens is 1. The number of nitrogens with zero attached hydrogens (tertiary/aromatic N) is 3. The van der Waals surface area contributed by atoms with Crippen molar-refractivity contribution in [2.45, 2.75) is 44.7 Å². The predicted octanol–water partition coefficient (Wildman–Crippen LogP) is 2.53. The molecule has 3 heterocycles. The van der Waals surface area contributed by atoms with Gasteiger partial charge >= 0.3 is 0 Å². The Morgan fingerprint density at radius 2 is 1.79 bits per heavy atom. The zero-order valence-corrected chi connectivity index (χ0v) is 11.8. The molecular formula is C16H25N3. The molecule has 0 N–H and O–H groups in total. The van der Waals surface area contributed by atoms with Crippen molar-refractivity contribution in [1.82, 2.24) is 14.8 Å². The third-order valence-electron chi connectivity index (χ3n) is 4.58. The molecule has 1 aromatic heterocycles. The Balaban J connectivity index is 1.46. The molecular weight excluding hydrogens is 234 g/mol. The number of likely N-dealkylation sites (tertiary alicyclic amines) is 2. The Morgan fingerprint density at radius 3 is 2.47 bits per heavy atom. The first-order valence-electron chi connectivity index (χ1n) is 7.78. The van der Waals surface area contributed by atoms with E-state index in [4.69, 9.17) is 0 Å². The van der Waals surface area contributed by atoms with Gasteiger partial charge < -0.3 is 4.90 Å². The maximum atomic E-state index is 4.43. The van der Waals surface area contributed by atoms with E-state index >= 15 is 0 Å². The lowest BCUT2D eigenvalue weighted by atomic mass is 10.00. The molecule has 2 aliphatic rings. The van der Waals surface area contributed by atoms with E-state index in [1.807, 2.05) is 12.3 Å². The van der Waals surface area contributed by atoms with E-state index in [0.717, 1.165) is 12.6 Å². The van der Waals surface area contributed by atoms with E-state index in [1.54, 1.807) is 0 Å². The first-order chi connectivity index (χ1) is 9.42. The second kappa shape index (κ2) is 6.49. The van der Waals surface area contributed by atoms with Crippen LogP contribution in [0.15, 0.2) is 24.4 Å². The summed E-state index contributed by atoms with van der Waals surface area (Å²) in [7, 11) is 0. The maximum Gasteiger partial charge on any atom is 0.0543 e. The van der Waals surface area contributed by atoms with Crippen LogP contribution in [-0.4, -0.2) is 47.0 Å². The van der Waals surface area contributed by atoms with Gasteiger partial charge in [-0.2, -0.15) is 0 Å². The zero-order chi connectivity index (χ0) is 12.9. The van der Waals surface area contributed by atoms with E-state index in [0.29, 0.717) is 0 Å². The fourth-order valence-electron chi connectivity index (χ4n) is 3.45. The average molecular weight is 259 g/mol. The lowest BCUT2D eigenvalue weighted by Crippen LogP contribution is -2.46. The van der Waals surface area contributed by atoms with E-state index in [1.165, 1.54) is 64.0 Å². The molecule has 2 fully saturated rings. The van der Waals surface area contributed by atoms with Crippen LogP contribution in [0.2, 0.25) is 0 Å². The summed E-state index contributed by atoms with van der Waals surface area (Å²) in [6.45, 7) is 6.17. The molecule has 3 rings (SSSR count). The van der Waals surface area contributed by atoms with Crippen LogP contribution in [-0.2, 0) is 6.54 Å². The molecule has 2 aliphatic heterocycles. The van der Waals surface area contributed by atoms with Crippen LogP contribution < -0.4 is 0 Å². The van der Waals surface area contributed by atoms with Crippen molar-refractivity contribution in [3.05, 3.63) is 30.1 Å². The molecule has 3 nitrogen and oxygen atoms in total. The highest BCUT2D eigenvalue weighted by Gasteiger charge is 2.25. The molecule has 3 heteroatoms. The first-order valence-corrected chi connectivity index (χ1v) is 7.78. The van der Waals surface area contributed by atoms with Crippen molar-refractivity contribution in [3.8, 4) is 0 Å². The number of piperidine rings is 2. The molecule has 0 aliphatic carbocycles. The summed E-state index contributed by atoms with van der Waals surface area (Å²) in [5, 5.41) is 0. The molecule has 0 atom stereocenters. The minimum absolute atomic E-state index is 0.847.